The summed E-state index contributed by atoms with van der Waals surface area (Å²) in [6.07, 6.45) is -0.865. The number of ether oxygens (including phenoxy) is 1. The summed E-state index contributed by atoms with van der Waals surface area (Å²) in [7, 11) is 3.79. The summed E-state index contributed by atoms with van der Waals surface area (Å²) < 4.78 is 18.1. The lowest BCUT2D eigenvalue weighted by atomic mass is 10.2. The van der Waals surface area contributed by atoms with Crippen molar-refractivity contribution in [3.05, 3.63) is 59.9 Å². The fraction of sp³-hybridized carbons (Fsp3) is 0.278. The van der Waals surface area contributed by atoms with Crippen molar-refractivity contribution in [1.82, 2.24) is 5.32 Å². The molecule has 0 saturated heterocycles. The lowest BCUT2D eigenvalue weighted by Gasteiger charge is -2.15. The summed E-state index contributed by atoms with van der Waals surface area (Å²) in [6.45, 7) is 0.0653. The molecule has 0 aliphatic carbocycles. The Balaban J connectivity index is 1.80. The second kappa shape index (κ2) is 8.31. The Morgan fingerprint density at radius 1 is 1.25 bits per heavy atom. The first-order valence-electron chi connectivity index (χ1n) is 7.57. The van der Waals surface area contributed by atoms with Crippen LogP contribution < -0.4 is 15.0 Å². The molecule has 0 radical (unpaired) electrons. The average Bonchev–Trinajstić information content (AvgIpc) is 2.59. The van der Waals surface area contributed by atoms with E-state index in [1.165, 1.54) is 24.3 Å². The maximum Gasteiger partial charge on any atom is 0.251 e. The Bertz CT molecular complexity index is 674. The lowest BCUT2D eigenvalue weighted by Crippen LogP contribution is -2.35. The number of aliphatic hydroxyl groups is 1. The highest BCUT2D eigenvalue weighted by Gasteiger charge is 2.11. The van der Waals surface area contributed by atoms with Crippen molar-refractivity contribution in [2.24, 2.45) is 0 Å². The van der Waals surface area contributed by atoms with Crippen LogP contribution in [0.2, 0.25) is 0 Å². The number of anilines is 1. The number of nitrogens with one attached hydrogen (secondary N) is 1. The first-order valence-corrected chi connectivity index (χ1v) is 7.57. The molecule has 1 atom stereocenters. The molecule has 2 aromatic rings. The maximum absolute atomic E-state index is 12.8. The molecule has 1 unspecified atom stereocenters. The van der Waals surface area contributed by atoms with Gasteiger partial charge < -0.3 is 20.1 Å². The van der Waals surface area contributed by atoms with Gasteiger partial charge in [-0.25, -0.2) is 4.39 Å². The van der Waals surface area contributed by atoms with Gasteiger partial charge in [0.25, 0.3) is 5.91 Å². The molecule has 1 amide bonds. The topological polar surface area (TPSA) is 61.8 Å². The molecule has 24 heavy (non-hydrogen) atoms. The number of nitrogens with zero attached hydrogens (tertiary/aromatic N) is 1. The van der Waals surface area contributed by atoms with Gasteiger partial charge in [0.05, 0.1) is 0 Å². The fourth-order valence-corrected chi connectivity index (χ4v) is 2.02. The molecule has 5 nitrogen and oxygen atoms in total. The molecule has 0 heterocycles. The Morgan fingerprint density at radius 2 is 1.96 bits per heavy atom. The molecular formula is C18H21FN2O3. The minimum atomic E-state index is -0.865. The predicted molar refractivity (Wildman–Crippen MR) is 91.0 cm³/mol. The highest BCUT2D eigenvalue weighted by molar-refractivity contribution is 5.95. The van der Waals surface area contributed by atoms with Gasteiger partial charge in [-0.2, -0.15) is 0 Å². The molecule has 0 saturated carbocycles. The van der Waals surface area contributed by atoms with E-state index in [-0.39, 0.29) is 24.9 Å². The highest BCUT2D eigenvalue weighted by Crippen LogP contribution is 2.13. The van der Waals surface area contributed by atoms with Gasteiger partial charge in [-0.15, -0.1) is 0 Å². The van der Waals surface area contributed by atoms with Crippen molar-refractivity contribution < 1.29 is 19.0 Å². The first kappa shape index (κ1) is 17.7. The van der Waals surface area contributed by atoms with Crippen molar-refractivity contribution >= 4 is 11.6 Å². The van der Waals surface area contributed by atoms with E-state index in [2.05, 4.69) is 5.32 Å². The number of aliphatic hydroxyl groups excluding tert-OH is 1. The largest absolute Gasteiger partial charge is 0.491 e. The van der Waals surface area contributed by atoms with Gasteiger partial charge in [-0.3, -0.25) is 4.79 Å². The molecule has 0 spiro atoms. The molecule has 0 aliphatic heterocycles. The van der Waals surface area contributed by atoms with Crippen LogP contribution in [0.15, 0.2) is 48.5 Å². The monoisotopic (exact) mass is 332 g/mol. The Hall–Kier alpha value is -2.60. The van der Waals surface area contributed by atoms with Crippen LogP contribution in [0.4, 0.5) is 10.1 Å². The quantitative estimate of drug-likeness (QED) is 0.815. The van der Waals surface area contributed by atoms with Gasteiger partial charge in [0.2, 0.25) is 0 Å². The van der Waals surface area contributed by atoms with Crippen LogP contribution in [0.5, 0.6) is 5.75 Å². The van der Waals surface area contributed by atoms with E-state index in [1.807, 2.05) is 25.1 Å². The van der Waals surface area contributed by atoms with E-state index in [4.69, 9.17) is 4.74 Å². The van der Waals surface area contributed by atoms with Crippen LogP contribution in [0.1, 0.15) is 10.4 Å². The van der Waals surface area contributed by atoms with Crippen LogP contribution in [0.25, 0.3) is 0 Å². The summed E-state index contributed by atoms with van der Waals surface area (Å²) in [5.41, 5.74) is 1.44. The van der Waals surface area contributed by atoms with Crippen molar-refractivity contribution in [2.45, 2.75) is 6.10 Å². The van der Waals surface area contributed by atoms with Crippen molar-refractivity contribution in [1.29, 1.82) is 0 Å². The molecule has 0 aliphatic rings. The van der Waals surface area contributed by atoms with Crippen molar-refractivity contribution in [2.75, 3.05) is 32.1 Å². The molecule has 2 rings (SSSR count). The third kappa shape index (κ3) is 5.24. The Labute approximate surface area is 140 Å². The van der Waals surface area contributed by atoms with Gasteiger partial charge in [0, 0.05) is 31.9 Å². The summed E-state index contributed by atoms with van der Waals surface area (Å²) in [6, 6.07) is 12.7. The van der Waals surface area contributed by atoms with Crippen LogP contribution in [0, 0.1) is 5.82 Å². The number of hydrogen-bond donors (Lipinski definition) is 2. The number of carbonyl (C=O) groups is 1. The number of rotatable bonds is 7. The number of halogens is 1. The van der Waals surface area contributed by atoms with Gasteiger partial charge in [0.1, 0.15) is 24.3 Å². The molecule has 2 aromatic carbocycles. The lowest BCUT2D eigenvalue weighted by molar-refractivity contribution is 0.0843. The van der Waals surface area contributed by atoms with Crippen LogP contribution in [-0.4, -0.2) is 44.4 Å². The molecular weight excluding hydrogens is 311 g/mol. The minimum absolute atomic E-state index is 0.00362. The summed E-state index contributed by atoms with van der Waals surface area (Å²) >= 11 is 0. The third-order valence-electron chi connectivity index (χ3n) is 3.38. The molecule has 0 fully saturated rings. The zero-order chi connectivity index (χ0) is 17.5. The number of benzene rings is 2. The molecule has 6 heteroatoms. The summed E-state index contributed by atoms with van der Waals surface area (Å²) in [5.74, 6) is -0.157. The van der Waals surface area contributed by atoms with Crippen LogP contribution >= 0.6 is 0 Å². The second-order valence-electron chi connectivity index (χ2n) is 5.57. The van der Waals surface area contributed by atoms with E-state index in [1.54, 1.807) is 18.2 Å². The van der Waals surface area contributed by atoms with Crippen LogP contribution in [0.3, 0.4) is 0 Å². The summed E-state index contributed by atoms with van der Waals surface area (Å²) in [5, 5.41) is 12.5. The number of hydrogen-bond acceptors (Lipinski definition) is 4. The third-order valence-corrected chi connectivity index (χ3v) is 3.38. The van der Waals surface area contributed by atoms with E-state index < -0.39 is 6.10 Å². The SMILES string of the molecule is CN(C)c1cccc(C(=O)NCC(O)COc2ccc(F)cc2)c1. The van der Waals surface area contributed by atoms with E-state index in [0.29, 0.717) is 11.3 Å². The zero-order valence-electron chi connectivity index (χ0n) is 13.7. The second-order valence-corrected chi connectivity index (χ2v) is 5.57. The van der Waals surface area contributed by atoms with Gasteiger partial charge in [-0.05, 0) is 42.5 Å². The zero-order valence-corrected chi connectivity index (χ0v) is 13.7. The maximum atomic E-state index is 12.8. The standard InChI is InChI=1S/C18H21FN2O3/c1-21(2)15-5-3-4-13(10-15)18(23)20-11-16(22)12-24-17-8-6-14(19)7-9-17/h3-10,16,22H,11-12H2,1-2H3,(H,20,23). The average molecular weight is 332 g/mol. The summed E-state index contributed by atoms with van der Waals surface area (Å²) in [4.78, 5) is 14.0. The first-order chi connectivity index (χ1) is 11.5. The Morgan fingerprint density at radius 3 is 2.62 bits per heavy atom. The van der Waals surface area contributed by atoms with E-state index >= 15 is 0 Å². The van der Waals surface area contributed by atoms with Gasteiger partial charge in [0.15, 0.2) is 0 Å². The number of amides is 1. The molecule has 0 bridgehead atoms. The van der Waals surface area contributed by atoms with Crippen molar-refractivity contribution in [3.63, 3.8) is 0 Å². The normalized spacial score (nSPS) is 11.7. The highest BCUT2D eigenvalue weighted by atomic mass is 19.1. The van der Waals surface area contributed by atoms with Gasteiger partial charge >= 0.3 is 0 Å². The minimum Gasteiger partial charge on any atom is -0.491 e. The van der Waals surface area contributed by atoms with Gasteiger partial charge in [-0.1, -0.05) is 6.07 Å². The van der Waals surface area contributed by atoms with Crippen LogP contribution in [-0.2, 0) is 0 Å². The smallest absolute Gasteiger partial charge is 0.251 e. The molecule has 2 N–H and O–H groups in total. The van der Waals surface area contributed by atoms with Crippen molar-refractivity contribution in [3.8, 4) is 5.75 Å². The molecule has 128 valence electrons. The fourth-order valence-electron chi connectivity index (χ4n) is 2.02. The Kier molecular flexibility index (Phi) is 6.14. The van der Waals surface area contributed by atoms with E-state index in [0.717, 1.165) is 5.69 Å². The predicted octanol–water partition coefficient (Wildman–Crippen LogP) is 2.06. The van der Waals surface area contributed by atoms with E-state index in [9.17, 15) is 14.3 Å². The number of carbonyl (C=O) groups excluding carboxylic acids is 1. The molecule has 0 aromatic heterocycles.